The first-order valence-corrected chi connectivity index (χ1v) is 3.87. The molecule has 1 aliphatic carbocycles. The van der Waals surface area contributed by atoms with Crippen LogP contribution in [-0.4, -0.2) is 40.7 Å². The van der Waals surface area contributed by atoms with E-state index in [1.54, 1.807) is 0 Å². The van der Waals surface area contributed by atoms with Gasteiger partial charge >= 0.3 is 12.1 Å². The van der Waals surface area contributed by atoms with E-state index in [1.165, 1.54) is 0 Å². The van der Waals surface area contributed by atoms with Crippen LogP contribution in [0.1, 0.15) is 12.8 Å². The van der Waals surface area contributed by atoms with Gasteiger partial charge in [0.05, 0.1) is 6.10 Å². The molecule has 0 saturated heterocycles. The van der Waals surface area contributed by atoms with Crippen LogP contribution < -0.4 is 0 Å². The Kier molecular flexibility index (Phi) is 2.73. The highest BCUT2D eigenvalue weighted by Gasteiger charge is 2.61. The maximum absolute atomic E-state index is 12.0. The van der Waals surface area contributed by atoms with Crippen molar-refractivity contribution in [3.8, 4) is 0 Å². The minimum Gasteiger partial charge on any atom is -0.480 e. The fourth-order valence-electron chi connectivity index (χ4n) is 1.23. The van der Waals surface area contributed by atoms with Gasteiger partial charge in [0.15, 0.2) is 5.60 Å². The van der Waals surface area contributed by atoms with Gasteiger partial charge in [0.2, 0.25) is 0 Å². The first-order chi connectivity index (χ1) is 6.24. The number of carbonyl (C=O) groups is 1. The highest BCUT2D eigenvalue weighted by Crippen LogP contribution is 2.46. The van der Waals surface area contributed by atoms with Crippen LogP contribution in [0.4, 0.5) is 13.2 Å². The van der Waals surface area contributed by atoms with Crippen molar-refractivity contribution in [1.82, 2.24) is 0 Å². The Morgan fingerprint density at radius 3 is 2.36 bits per heavy atom. The Morgan fingerprint density at radius 1 is 1.50 bits per heavy atom. The molecule has 2 N–H and O–H groups in total. The van der Waals surface area contributed by atoms with Crippen LogP contribution >= 0.6 is 0 Å². The lowest BCUT2D eigenvalue weighted by atomic mass is 9.77. The summed E-state index contributed by atoms with van der Waals surface area (Å²) in [6.07, 6.45) is -6.68. The van der Waals surface area contributed by atoms with E-state index in [0.717, 1.165) is 0 Å². The van der Waals surface area contributed by atoms with E-state index in [-0.39, 0.29) is 0 Å². The lowest BCUT2D eigenvalue weighted by molar-refractivity contribution is -0.310. The molecule has 0 radical (unpaired) electrons. The molecule has 1 aliphatic rings. The first-order valence-electron chi connectivity index (χ1n) is 3.87. The third-order valence-electron chi connectivity index (χ3n) is 2.10. The second-order valence-electron chi connectivity index (χ2n) is 3.26. The molecular formula is C7H9F3O4. The molecule has 0 amide bonds. The molecule has 0 atom stereocenters. The van der Waals surface area contributed by atoms with Crippen LogP contribution in [0.15, 0.2) is 0 Å². The Hall–Kier alpha value is -0.820. The number of hydrogen-bond acceptors (Lipinski definition) is 3. The van der Waals surface area contributed by atoms with E-state index in [9.17, 15) is 18.0 Å². The molecule has 0 heterocycles. The van der Waals surface area contributed by atoms with Gasteiger partial charge in [0.25, 0.3) is 0 Å². The molecular weight excluding hydrogens is 205 g/mol. The number of rotatable bonds is 3. The van der Waals surface area contributed by atoms with E-state index >= 15 is 0 Å². The van der Waals surface area contributed by atoms with Gasteiger partial charge in [-0.05, 0) is 0 Å². The first kappa shape index (κ1) is 11.3. The molecule has 0 spiro atoms. The number of aliphatic carboxylic acids is 1. The van der Waals surface area contributed by atoms with Gasteiger partial charge in [0.1, 0.15) is 6.61 Å². The molecule has 0 aromatic rings. The normalized spacial score (nSPS) is 32.4. The van der Waals surface area contributed by atoms with Crippen LogP contribution in [0, 0.1) is 0 Å². The maximum Gasteiger partial charge on any atom is 0.417 e. The quantitative estimate of drug-likeness (QED) is 0.719. The van der Waals surface area contributed by atoms with Gasteiger partial charge < -0.3 is 14.9 Å². The molecule has 0 aromatic heterocycles. The topological polar surface area (TPSA) is 66.8 Å². The third-order valence-corrected chi connectivity index (χ3v) is 2.10. The van der Waals surface area contributed by atoms with Crippen molar-refractivity contribution < 1.29 is 32.9 Å². The molecule has 4 nitrogen and oxygen atoms in total. The summed E-state index contributed by atoms with van der Waals surface area (Å²) in [4.78, 5) is 9.99. The van der Waals surface area contributed by atoms with Gasteiger partial charge in [-0.15, -0.1) is 0 Å². The highest BCUT2D eigenvalue weighted by molar-refractivity contribution is 5.68. The van der Waals surface area contributed by atoms with Crippen LogP contribution in [0.5, 0.6) is 0 Å². The molecule has 14 heavy (non-hydrogen) atoms. The minimum atomic E-state index is -4.67. The summed E-state index contributed by atoms with van der Waals surface area (Å²) in [5, 5.41) is 17.1. The Morgan fingerprint density at radius 2 is 2.00 bits per heavy atom. The van der Waals surface area contributed by atoms with E-state index in [4.69, 9.17) is 10.2 Å². The predicted molar refractivity (Wildman–Crippen MR) is 37.6 cm³/mol. The molecule has 7 heteroatoms. The summed E-state index contributed by atoms with van der Waals surface area (Å²) in [5.74, 6) is -1.24. The van der Waals surface area contributed by atoms with Crippen molar-refractivity contribution in [3.63, 3.8) is 0 Å². The summed E-state index contributed by atoms with van der Waals surface area (Å²) in [7, 11) is 0. The number of alkyl halides is 3. The summed E-state index contributed by atoms with van der Waals surface area (Å²) in [6.45, 7) is -0.640. The van der Waals surface area contributed by atoms with E-state index in [1.807, 2.05) is 0 Å². The molecule has 0 aromatic carbocycles. The van der Waals surface area contributed by atoms with Crippen molar-refractivity contribution >= 4 is 5.97 Å². The average Bonchev–Trinajstić information content (AvgIpc) is 1.93. The zero-order chi connectivity index (χ0) is 11.0. The molecule has 0 aliphatic heterocycles. The predicted octanol–water partition coefficient (Wildman–Crippen LogP) is 0.543. The number of halogens is 3. The lowest BCUT2D eigenvalue weighted by Crippen LogP contribution is -2.58. The third kappa shape index (κ3) is 2.16. The molecule has 0 bridgehead atoms. The fraction of sp³-hybridized carbons (Fsp3) is 0.857. The molecule has 1 rings (SSSR count). The largest absolute Gasteiger partial charge is 0.480 e. The monoisotopic (exact) mass is 214 g/mol. The molecule has 82 valence electrons. The second-order valence-corrected chi connectivity index (χ2v) is 3.26. The van der Waals surface area contributed by atoms with Crippen LogP contribution in [0.2, 0.25) is 0 Å². The van der Waals surface area contributed by atoms with E-state index in [2.05, 4.69) is 4.74 Å². The molecule has 1 fully saturated rings. The Labute approximate surface area is 77.3 Å². The highest BCUT2D eigenvalue weighted by atomic mass is 19.4. The fourth-order valence-corrected chi connectivity index (χ4v) is 1.23. The van der Waals surface area contributed by atoms with Crippen LogP contribution in [0.3, 0.4) is 0 Å². The van der Waals surface area contributed by atoms with Gasteiger partial charge in [-0.2, -0.15) is 13.2 Å². The maximum atomic E-state index is 12.0. The van der Waals surface area contributed by atoms with Crippen LogP contribution in [-0.2, 0) is 9.53 Å². The van der Waals surface area contributed by atoms with Crippen molar-refractivity contribution in [2.24, 2.45) is 0 Å². The summed E-state index contributed by atoms with van der Waals surface area (Å²) < 4.78 is 40.7. The van der Waals surface area contributed by atoms with E-state index in [0.29, 0.717) is 0 Å². The molecule has 0 unspecified atom stereocenters. The SMILES string of the molecule is O=C(O)COC1CC(O)(C(F)(F)F)C1. The van der Waals surface area contributed by atoms with Gasteiger partial charge in [0, 0.05) is 12.8 Å². The average molecular weight is 214 g/mol. The molecule has 1 saturated carbocycles. The summed E-state index contributed by atoms with van der Waals surface area (Å²) in [5.41, 5.74) is -2.70. The zero-order valence-corrected chi connectivity index (χ0v) is 7.04. The van der Waals surface area contributed by atoms with Gasteiger partial charge in [-0.3, -0.25) is 0 Å². The summed E-state index contributed by atoms with van der Waals surface area (Å²) in [6, 6.07) is 0. The Bertz CT molecular complexity index is 232. The number of ether oxygens (including phenoxy) is 1. The van der Waals surface area contributed by atoms with Crippen molar-refractivity contribution in [2.45, 2.75) is 30.7 Å². The number of carboxylic acid groups (broad SMARTS) is 1. The van der Waals surface area contributed by atoms with Crippen molar-refractivity contribution in [1.29, 1.82) is 0 Å². The lowest BCUT2D eigenvalue weighted by Gasteiger charge is -2.43. The standard InChI is InChI=1S/C7H9F3O4/c8-7(9,10)6(13)1-4(2-6)14-3-5(11)12/h4,13H,1-3H2,(H,11,12). The van der Waals surface area contributed by atoms with Crippen LogP contribution in [0.25, 0.3) is 0 Å². The van der Waals surface area contributed by atoms with E-state index < -0.39 is 43.3 Å². The zero-order valence-electron chi connectivity index (χ0n) is 7.04. The minimum absolute atomic E-state index is 0.593. The summed E-state index contributed by atoms with van der Waals surface area (Å²) >= 11 is 0. The van der Waals surface area contributed by atoms with Crippen molar-refractivity contribution in [3.05, 3.63) is 0 Å². The second kappa shape index (κ2) is 3.39. The number of hydrogen-bond donors (Lipinski definition) is 2. The van der Waals surface area contributed by atoms with Gasteiger partial charge in [-0.1, -0.05) is 0 Å². The van der Waals surface area contributed by atoms with Gasteiger partial charge in [-0.25, -0.2) is 4.79 Å². The smallest absolute Gasteiger partial charge is 0.417 e. The van der Waals surface area contributed by atoms with Crippen molar-refractivity contribution in [2.75, 3.05) is 6.61 Å². The Balaban J connectivity index is 2.32. The number of carboxylic acids is 1. The number of aliphatic hydroxyl groups is 1.